The average molecular weight is 1120 g/mol. The summed E-state index contributed by atoms with van der Waals surface area (Å²) in [4.78, 5) is 15.3. The van der Waals surface area contributed by atoms with Crippen molar-refractivity contribution in [2.45, 2.75) is 20.9 Å². The number of ether oxygens (including phenoxy) is 3. The second kappa shape index (κ2) is 20.1. The molecule has 5 nitrogen and oxygen atoms in total. The molecule has 7 aromatic carbocycles. The van der Waals surface area contributed by atoms with Crippen LogP contribution in [-0.4, -0.2) is 5.97 Å². The van der Waals surface area contributed by atoms with Crippen LogP contribution in [0.25, 0.3) is 11.1 Å². The minimum atomic E-state index is -3.87. The quantitative estimate of drug-likeness (QED) is 0.0693. The predicted molar refractivity (Wildman–Crippen MR) is 220 cm³/mol. The van der Waals surface area contributed by atoms with E-state index in [2.05, 4.69) is 0 Å². The summed E-state index contributed by atoms with van der Waals surface area (Å²) in [6.07, 6.45) is 0. The summed E-state index contributed by atoms with van der Waals surface area (Å²) in [7, 11) is -3.87. The zero-order chi connectivity index (χ0) is 54.9. The Hall–Kier alpha value is -7.94. The maximum absolute atomic E-state index is 16.5. The normalized spacial score (nSPS) is 11.8. The van der Waals surface area contributed by atoms with Crippen molar-refractivity contribution in [3.05, 3.63) is 206 Å². The zero-order valence-electron chi connectivity index (χ0n) is 35.9. The highest BCUT2D eigenvalue weighted by atomic mass is 32.3. The molecule has 0 N–H and O–H groups in total. The van der Waals surface area contributed by atoms with E-state index in [0.29, 0.717) is 5.56 Å². The SMILES string of the molecule is Cc1csc(S(OC(=O)c2cc(Oc3c(F)c(F)c(F)c(F)c3F)c(Oc3c(F)c(F)c(F)c(F)c3F)c(Oc3c(F)c(F)c(F)c(F)c3F)c2-c2c(F)c(F)c(F)c(F)c2F)(c2ccccc2)c2ccccc2)c1. The lowest BCUT2D eigenvalue weighted by molar-refractivity contribution is 0.0757. The predicted octanol–water partition coefficient (Wildman–Crippen LogP) is 16.9. The summed E-state index contributed by atoms with van der Waals surface area (Å²) < 4.78 is 325. The molecule has 0 spiro atoms. The van der Waals surface area contributed by atoms with Gasteiger partial charge in [-0.15, -0.1) is 11.3 Å². The molecule has 0 bridgehead atoms. The number of carbonyl (C=O) groups excluding carboxylic acids is 1. The monoisotopic (exact) mass is 1120 g/mol. The topological polar surface area (TPSA) is 54.0 Å². The standard InChI is InChI=1S/C48H16F20O5S2/c1-15-12-20(74-14-15)75(16-8-4-2-5-9-16,17-10-6-3-7-11-17)73-48(69)18-13-19(70-45-37(63)31(57)28(54)32(58)38(45)64)43(71-46-39(65)33(59)29(55)34(60)40(46)66)44(72-47-41(67)35(61)30(56)36(62)42(47)68)21(18)22-23(49)25(51)27(53)26(52)24(22)50/h2-14H,1H3. The van der Waals surface area contributed by atoms with Crippen LogP contribution in [0.4, 0.5) is 87.8 Å². The number of hydrogen-bond acceptors (Lipinski definition) is 6. The Morgan fingerprint density at radius 2 is 0.720 bits per heavy atom. The Bertz CT molecular complexity index is 3520. The summed E-state index contributed by atoms with van der Waals surface area (Å²) in [6.45, 7) is 1.51. The van der Waals surface area contributed by atoms with Crippen molar-refractivity contribution in [1.82, 2.24) is 0 Å². The number of benzene rings is 7. The first-order valence-corrected chi connectivity index (χ1v) is 22.3. The fourth-order valence-electron chi connectivity index (χ4n) is 6.90. The minimum Gasteiger partial charge on any atom is -0.447 e. The van der Waals surface area contributed by atoms with E-state index in [1.807, 2.05) is 0 Å². The summed E-state index contributed by atoms with van der Waals surface area (Å²) in [5.74, 6) is -79.4. The van der Waals surface area contributed by atoms with E-state index in [-0.39, 0.29) is 20.1 Å². The molecule has 0 saturated carbocycles. The van der Waals surface area contributed by atoms with Crippen LogP contribution >= 0.6 is 21.6 Å². The molecule has 0 fully saturated rings. The second-order valence-corrected chi connectivity index (χ2v) is 18.7. The van der Waals surface area contributed by atoms with Crippen molar-refractivity contribution < 1.29 is 111 Å². The van der Waals surface area contributed by atoms with E-state index < -0.39 is 184 Å². The number of hydrogen-bond donors (Lipinski definition) is 0. The molecule has 0 radical (unpaired) electrons. The number of halogens is 20. The van der Waals surface area contributed by atoms with Crippen LogP contribution in [0.1, 0.15) is 15.9 Å². The molecule has 0 saturated heterocycles. The maximum atomic E-state index is 16.5. The van der Waals surface area contributed by atoms with E-state index >= 15 is 48.7 Å². The van der Waals surface area contributed by atoms with Gasteiger partial charge >= 0.3 is 5.97 Å². The number of carbonyl (C=O) groups is 1. The molecule has 8 rings (SSSR count). The van der Waals surface area contributed by atoms with E-state index in [4.69, 9.17) is 18.4 Å². The van der Waals surface area contributed by atoms with E-state index in [0.717, 1.165) is 11.3 Å². The lowest BCUT2D eigenvalue weighted by Gasteiger charge is -2.38. The van der Waals surface area contributed by atoms with Gasteiger partial charge in [0.15, 0.2) is 34.8 Å². The highest BCUT2D eigenvalue weighted by molar-refractivity contribution is 8.31. The highest BCUT2D eigenvalue weighted by Crippen LogP contribution is 2.71. The largest absolute Gasteiger partial charge is 0.447 e. The molecule has 0 atom stereocenters. The van der Waals surface area contributed by atoms with Gasteiger partial charge in [0.25, 0.3) is 0 Å². The van der Waals surface area contributed by atoms with E-state index in [1.54, 1.807) is 0 Å². The number of rotatable bonds is 12. The van der Waals surface area contributed by atoms with Crippen molar-refractivity contribution in [2.24, 2.45) is 0 Å². The van der Waals surface area contributed by atoms with E-state index in [9.17, 15) is 43.9 Å². The first-order valence-electron chi connectivity index (χ1n) is 19.9. The van der Waals surface area contributed by atoms with Gasteiger partial charge in [-0.2, -0.15) is 26.3 Å². The van der Waals surface area contributed by atoms with E-state index in [1.165, 1.54) is 79.0 Å². The summed E-state index contributed by atoms with van der Waals surface area (Å²) in [5.41, 5.74) is -6.67. The summed E-state index contributed by atoms with van der Waals surface area (Å²) >= 11 is 0.828. The fourth-order valence-corrected chi connectivity index (χ4v) is 11.7. The Balaban J connectivity index is 1.62. The number of aryl methyl sites for hydroxylation is 1. The first kappa shape index (κ1) is 53.4. The van der Waals surface area contributed by atoms with Crippen molar-refractivity contribution in [3.8, 4) is 45.6 Å². The van der Waals surface area contributed by atoms with Crippen molar-refractivity contribution in [2.75, 3.05) is 0 Å². The molecule has 0 aliphatic rings. The molecule has 390 valence electrons. The van der Waals surface area contributed by atoms with Gasteiger partial charge in [0.1, 0.15) is 0 Å². The van der Waals surface area contributed by atoms with Crippen LogP contribution in [0.15, 0.2) is 92.2 Å². The average Bonchev–Trinajstić information content (AvgIpc) is 3.87. The molecule has 1 heterocycles. The molecule has 0 aliphatic heterocycles. The van der Waals surface area contributed by atoms with Crippen LogP contribution in [0, 0.1) is 123 Å². The van der Waals surface area contributed by atoms with Crippen LogP contribution in [0.5, 0.6) is 34.5 Å². The number of thiophene rings is 1. The lowest BCUT2D eigenvalue weighted by Crippen LogP contribution is -2.16. The second-order valence-electron chi connectivity index (χ2n) is 14.9. The lowest BCUT2D eigenvalue weighted by atomic mass is 9.95. The molecule has 8 aromatic rings. The molecular weight excluding hydrogens is 1100 g/mol. The Labute approximate surface area is 409 Å². The van der Waals surface area contributed by atoms with Crippen LogP contribution in [0.3, 0.4) is 0 Å². The molecule has 0 aliphatic carbocycles. The molecular formula is C48H16F20O5S2. The maximum Gasteiger partial charge on any atom is 0.350 e. The summed E-state index contributed by atoms with van der Waals surface area (Å²) in [6, 6.07) is 14.5. The molecule has 27 heteroatoms. The molecule has 0 unspecified atom stereocenters. The van der Waals surface area contributed by atoms with Gasteiger partial charge < -0.3 is 18.4 Å². The van der Waals surface area contributed by atoms with Gasteiger partial charge in [-0.3, -0.25) is 0 Å². The van der Waals surface area contributed by atoms with Crippen molar-refractivity contribution >= 4 is 27.6 Å². The van der Waals surface area contributed by atoms with Gasteiger partial charge in [-0.05, 0) is 48.2 Å². The molecule has 0 amide bonds. The molecule has 1 aromatic heterocycles. The van der Waals surface area contributed by atoms with Gasteiger partial charge in [-0.25, -0.2) is 66.3 Å². The smallest absolute Gasteiger partial charge is 0.350 e. The van der Waals surface area contributed by atoms with Crippen LogP contribution in [0.2, 0.25) is 0 Å². The van der Waals surface area contributed by atoms with Crippen LogP contribution in [-0.2, 0) is 4.18 Å². The minimum absolute atomic E-state index is 0.0190. The highest BCUT2D eigenvalue weighted by Gasteiger charge is 2.43. The van der Waals surface area contributed by atoms with Gasteiger partial charge in [-0.1, -0.05) is 36.4 Å². The molecule has 75 heavy (non-hydrogen) atoms. The van der Waals surface area contributed by atoms with Gasteiger partial charge in [0, 0.05) is 31.7 Å². The van der Waals surface area contributed by atoms with Crippen molar-refractivity contribution in [3.63, 3.8) is 0 Å². The first-order chi connectivity index (χ1) is 35.4. The van der Waals surface area contributed by atoms with Crippen LogP contribution < -0.4 is 14.2 Å². The Morgan fingerprint density at radius 3 is 1.08 bits per heavy atom. The third-order valence-electron chi connectivity index (χ3n) is 10.4. The van der Waals surface area contributed by atoms with Gasteiger partial charge in [0.05, 0.1) is 15.3 Å². The Morgan fingerprint density at radius 1 is 0.387 bits per heavy atom. The summed E-state index contributed by atoms with van der Waals surface area (Å²) in [5, 5.41) is 1.47. The fraction of sp³-hybridized carbons (Fsp3) is 0.0208. The van der Waals surface area contributed by atoms with Gasteiger partial charge in [0.2, 0.25) is 116 Å². The Kier molecular flexibility index (Phi) is 14.3. The third kappa shape index (κ3) is 8.75. The third-order valence-corrected chi connectivity index (χ3v) is 15.1. The van der Waals surface area contributed by atoms with Crippen molar-refractivity contribution in [1.29, 1.82) is 0 Å². The zero-order valence-corrected chi connectivity index (χ0v) is 37.6.